The molecule has 144 valence electrons. The van der Waals surface area contributed by atoms with E-state index in [4.69, 9.17) is 5.73 Å². The van der Waals surface area contributed by atoms with Crippen LogP contribution in [0.4, 0.5) is 17.3 Å². The smallest absolute Gasteiger partial charge is 0.252 e. The Labute approximate surface area is 166 Å². The molecule has 0 radical (unpaired) electrons. The lowest BCUT2D eigenvalue weighted by Gasteiger charge is -2.14. The molecule has 3 aromatic heterocycles. The van der Waals surface area contributed by atoms with Crippen molar-refractivity contribution in [3.8, 4) is 5.69 Å². The molecule has 4 N–H and O–H groups in total. The van der Waals surface area contributed by atoms with E-state index in [0.717, 1.165) is 11.3 Å². The van der Waals surface area contributed by atoms with Crippen LogP contribution in [0.1, 0.15) is 15.9 Å². The lowest BCUT2D eigenvalue weighted by molar-refractivity contribution is 0.100. The van der Waals surface area contributed by atoms with Crippen LogP contribution < -0.4 is 16.4 Å². The Hall–Kier alpha value is -4.27. The predicted octanol–water partition coefficient (Wildman–Crippen LogP) is 2.51. The predicted molar refractivity (Wildman–Crippen MR) is 109 cm³/mol. The van der Waals surface area contributed by atoms with Crippen LogP contribution in [0.15, 0.2) is 73.6 Å². The molecule has 0 atom stereocenters. The van der Waals surface area contributed by atoms with Crippen LogP contribution in [0, 0.1) is 0 Å². The first kappa shape index (κ1) is 18.1. The number of para-hydroxylation sites is 1. The van der Waals surface area contributed by atoms with Crippen LogP contribution in [0.5, 0.6) is 0 Å². The summed E-state index contributed by atoms with van der Waals surface area (Å²) in [5, 5.41) is 10.6. The van der Waals surface area contributed by atoms with Crippen molar-refractivity contribution in [2.24, 2.45) is 5.73 Å². The Kier molecular flexibility index (Phi) is 5.10. The average Bonchev–Trinajstić information content (AvgIpc) is 3.28. The summed E-state index contributed by atoms with van der Waals surface area (Å²) < 4.78 is 1.79. The monoisotopic (exact) mass is 386 g/mol. The molecule has 29 heavy (non-hydrogen) atoms. The largest absolute Gasteiger partial charge is 0.380 e. The van der Waals surface area contributed by atoms with Gasteiger partial charge in [-0.25, -0.2) is 14.6 Å². The highest BCUT2D eigenvalue weighted by atomic mass is 16.1. The van der Waals surface area contributed by atoms with Crippen molar-refractivity contribution in [1.82, 2.24) is 24.7 Å². The van der Waals surface area contributed by atoms with Gasteiger partial charge in [-0.2, -0.15) is 5.10 Å². The maximum absolute atomic E-state index is 11.8. The van der Waals surface area contributed by atoms with E-state index in [-0.39, 0.29) is 0 Å². The molecule has 0 spiro atoms. The number of pyridine rings is 1. The first-order chi connectivity index (χ1) is 14.2. The lowest BCUT2D eigenvalue weighted by Crippen LogP contribution is -2.16. The van der Waals surface area contributed by atoms with Crippen molar-refractivity contribution in [1.29, 1.82) is 0 Å². The standard InChI is InChI=1S/C20H18N8O/c21-20(29)15-12-25-18(27-19-13-22-7-8-23-19)10-16(15)24-11-14-4-1-2-5-17(14)28-9-3-6-26-28/h1-10,12-13H,11H2,(H2,21,29)(H2,23,24,25,27). The van der Waals surface area contributed by atoms with Gasteiger partial charge in [-0.1, -0.05) is 18.2 Å². The SMILES string of the molecule is NC(=O)c1cnc(Nc2cnccn2)cc1NCc1ccccc1-n1cccn1. The van der Waals surface area contributed by atoms with E-state index in [1.54, 1.807) is 35.5 Å². The summed E-state index contributed by atoms with van der Waals surface area (Å²) in [6, 6.07) is 11.5. The van der Waals surface area contributed by atoms with Gasteiger partial charge in [0.2, 0.25) is 0 Å². The second kappa shape index (κ2) is 8.17. The van der Waals surface area contributed by atoms with E-state index in [0.29, 0.717) is 29.4 Å². The molecule has 9 heteroatoms. The molecule has 0 unspecified atom stereocenters. The molecule has 3 heterocycles. The molecule has 9 nitrogen and oxygen atoms in total. The highest BCUT2D eigenvalue weighted by molar-refractivity contribution is 5.98. The first-order valence-electron chi connectivity index (χ1n) is 8.85. The third-order valence-corrected chi connectivity index (χ3v) is 4.20. The number of amides is 1. The molecule has 1 aromatic carbocycles. The summed E-state index contributed by atoms with van der Waals surface area (Å²) in [5.74, 6) is 0.492. The van der Waals surface area contributed by atoms with Crippen molar-refractivity contribution in [3.05, 3.63) is 84.7 Å². The third-order valence-electron chi connectivity index (χ3n) is 4.20. The molecule has 0 saturated heterocycles. The summed E-state index contributed by atoms with van der Waals surface area (Å²) in [5.41, 5.74) is 8.33. The molecule has 0 aliphatic heterocycles. The van der Waals surface area contributed by atoms with Gasteiger partial charge in [-0.3, -0.25) is 9.78 Å². The zero-order valence-corrected chi connectivity index (χ0v) is 15.4. The number of primary amides is 1. The molecule has 0 bridgehead atoms. The van der Waals surface area contributed by atoms with Gasteiger partial charge < -0.3 is 16.4 Å². The summed E-state index contributed by atoms with van der Waals surface area (Å²) in [6.45, 7) is 0.463. The molecular weight excluding hydrogens is 368 g/mol. The fourth-order valence-corrected chi connectivity index (χ4v) is 2.85. The topological polar surface area (TPSA) is 124 Å². The molecule has 4 rings (SSSR count). The van der Waals surface area contributed by atoms with Crippen LogP contribution in [-0.2, 0) is 6.54 Å². The Morgan fingerprint density at radius 1 is 1.03 bits per heavy atom. The summed E-state index contributed by atoms with van der Waals surface area (Å²) >= 11 is 0. The van der Waals surface area contributed by atoms with Crippen molar-refractivity contribution in [2.45, 2.75) is 6.54 Å². The molecular formula is C20H18N8O. The number of nitrogens with one attached hydrogen (secondary N) is 2. The van der Waals surface area contributed by atoms with Gasteiger partial charge in [-0.05, 0) is 17.7 Å². The van der Waals surface area contributed by atoms with Gasteiger partial charge >= 0.3 is 0 Å². The molecule has 0 aliphatic rings. The van der Waals surface area contributed by atoms with Crippen molar-refractivity contribution in [2.75, 3.05) is 10.6 Å². The average molecular weight is 386 g/mol. The van der Waals surface area contributed by atoms with E-state index in [2.05, 4.69) is 30.7 Å². The van der Waals surface area contributed by atoms with E-state index >= 15 is 0 Å². The summed E-state index contributed by atoms with van der Waals surface area (Å²) in [6.07, 6.45) is 9.77. The maximum Gasteiger partial charge on any atom is 0.252 e. The Balaban J connectivity index is 1.59. The number of nitrogens with zero attached hydrogens (tertiary/aromatic N) is 5. The quantitative estimate of drug-likeness (QED) is 0.446. The zero-order valence-electron chi connectivity index (χ0n) is 15.4. The van der Waals surface area contributed by atoms with Crippen molar-refractivity contribution >= 4 is 23.2 Å². The Morgan fingerprint density at radius 2 is 1.93 bits per heavy atom. The highest BCUT2D eigenvalue weighted by Crippen LogP contribution is 2.22. The molecule has 1 amide bonds. The van der Waals surface area contributed by atoms with E-state index in [1.807, 2.05) is 36.5 Å². The number of benzene rings is 1. The summed E-state index contributed by atoms with van der Waals surface area (Å²) in [7, 11) is 0. The Bertz CT molecular complexity index is 1110. The fourth-order valence-electron chi connectivity index (χ4n) is 2.85. The number of rotatable bonds is 7. The van der Waals surface area contributed by atoms with Crippen molar-refractivity contribution < 1.29 is 4.79 Å². The van der Waals surface area contributed by atoms with E-state index < -0.39 is 5.91 Å². The number of hydrogen-bond donors (Lipinski definition) is 3. The van der Waals surface area contributed by atoms with Gasteiger partial charge in [0.25, 0.3) is 5.91 Å². The number of carbonyl (C=O) groups is 1. The van der Waals surface area contributed by atoms with E-state index in [1.165, 1.54) is 6.20 Å². The van der Waals surface area contributed by atoms with Gasteiger partial charge in [0, 0.05) is 43.6 Å². The highest BCUT2D eigenvalue weighted by Gasteiger charge is 2.12. The number of carbonyl (C=O) groups excluding carboxylic acids is 1. The minimum absolute atomic E-state index is 0.297. The maximum atomic E-state index is 11.8. The number of aromatic nitrogens is 5. The van der Waals surface area contributed by atoms with Gasteiger partial charge in [0.05, 0.1) is 23.1 Å². The second-order valence-corrected chi connectivity index (χ2v) is 6.13. The Morgan fingerprint density at radius 3 is 2.69 bits per heavy atom. The number of nitrogens with two attached hydrogens (primary N) is 1. The van der Waals surface area contributed by atoms with Gasteiger partial charge in [-0.15, -0.1) is 0 Å². The van der Waals surface area contributed by atoms with Gasteiger partial charge in [0.15, 0.2) is 0 Å². The fraction of sp³-hybridized carbons (Fsp3) is 0.0500. The zero-order chi connectivity index (χ0) is 20.1. The van der Waals surface area contributed by atoms with Crippen LogP contribution in [0.3, 0.4) is 0 Å². The van der Waals surface area contributed by atoms with Crippen LogP contribution in [-0.4, -0.2) is 30.6 Å². The molecule has 0 aliphatic carbocycles. The lowest BCUT2D eigenvalue weighted by atomic mass is 10.1. The van der Waals surface area contributed by atoms with Crippen LogP contribution in [0.25, 0.3) is 5.69 Å². The first-order valence-corrected chi connectivity index (χ1v) is 8.85. The number of anilines is 3. The van der Waals surface area contributed by atoms with Gasteiger partial charge in [0.1, 0.15) is 11.6 Å². The number of hydrogen-bond acceptors (Lipinski definition) is 7. The third kappa shape index (κ3) is 4.19. The molecule has 4 aromatic rings. The second-order valence-electron chi connectivity index (χ2n) is 6.13. The minimum atomic E-state index is -0.564. The minimum Gasteiger partial charge on any atom is -0.380 e. The molecule has 0 fully saturated rings. The van der Waals surface area contributed by atoms with Crippen molar-refractivity contribution in [3.63, 3.8) is 0 Å². The van der Waals surface area contributed by atoms with Crippen LogP contribution >= 0.6 is 0 Å². The summed E-state index contributed by atoms with van der Waals surface area (Å²) in [4.78, 5) is 24.2. The molecule has 0 saturated carbocycles. The van der Waals surface area contributed by atoms with Crippen LogP contribution in [0.2, 0.25) is 0 Å². The normalized spacial score (nSPS) is 10.5. The van der Waals surface area contributed by atoms with E-state index in [9.17, 15) is 4.79 Å².